The van der Waals surface area contributed by atoms with E-state index in [2.05, 4.69) is 17.2 Å². The maximum absolute atomic E-state index is 13.7. The van der Waals surface area contributed by atoms with Gasteiger partial charge in [0, 0.05) is 12.2 Å². The maximum atomic E-state index is 13.7. The molecule has 35 heavy (non-hydrogen) atoms. The zero-order valence-electron chi connectivity index (χ0n) is 21.6. The van der Waals surface area contributed by atoms with Crippen molar-refractivity contribution < 1.29 is 19.1 Å². The second-order valence-corrected chi connectivity index (χ2v) is 9.48. The molecule has 0 saturated carbocycles. The van der Waals surface area contributed by atoms with E-state index in [0.717, 1.165) is 11.1 Å². The van der Waals surface area contributed by atoms with E-state index in [1.807, 2.05) is 62.4 Å². The molecule has 2 unspecified atom stereocenters. The number of nitrogens with one attached hydrogen (secondary N) is 2. The minimum atomic E-state index is -0.912. The van der Waals surface area contributed by atoms with Crippen LogP contribution < -0.4 is 10.6 Å². The van der Waals surface area contributed by atoms with Crippen LogP contribution in [0.5, 0.6) is 0 Å². The molecule has 2 N–H and O–H groups in total. The Bertz CT molecular complexity index is 1060. The molecule has 188 valence electrons. The summed E-state index contributed by atoms with van der Waals surface area (Å²) in [6, 6.07) is 13.0. The number of ether oxygens (including phenoxy) is 1. The van der Waals surface area contributed by atoms with E-state index in [4.69, 9.17) is 4.74 Å². The molecule has 0 aliphatic heterocycles. The third-order valence-electron chi connectivity index (χ3n) is 5.28. The first kappa shape index (κ1) is 27.6. The van der Waals surface area contributed by atoms with Gasteiger partial charge in [0.1, 0.15) is 17.7 Å². The zero-order valence-corrected chi connectivity index (χ0v) is 21.6. The minimum absolute atomic E-state index is 0.323. The summed E-state index contributed by atoms with van der Waals surface area (Å²) in [7, 11) is 0. The average Bonchev–Trinajstić information content (AvgIpc) is 2.78. The summed E-state index contributed by atoms with van der Waals surface area (Å²) < 4.78 is 5.30. The summed E-state index contributed by atoms with van der Waals surface area (Å²) in [6.07, 6.45) is 1.63. The van der Waals surface area contributed by atoms with Crippen LogP contribution in [0.2, 0.25) is 0 Å². The van der Waals surface area contributed by atoms with Gasteiger partial charge in [-0.15, -0.1) is 0 Å². The molecule has 2 rings (SSSR count). The molecule has 0 fully saturated rings. The largest absolute Gasteiger partial charge is 0.444 e. The van der Waals surface area contributed by atoms with Gasteiger partial charge in [0.25, 0.3) is 5.91 Å². The number of carbonyl (C=O) groups excluding carboxylic acids is 3. The SMILES string of the molecule is C=Cc1cccc(C(C(=O)Nc2ccccc2C)N(CCC)C(=O)C(C)NC(=O)OC(C)(C)C)c1. The molecule has 0 bridgehead atoms. The number of alkyl carbamates (subject to hydrolysis) is 1. The van der Waals surface area contributed by atoms with Crippen molar-refractivity contribution in [3.05, 3.63) is 71.8 Å². The minimum Gasteiger partial charge on any atom is -0.444 e. The Morgan fingerprint density at radius 1 is 1.11 bits per heavy atom. The van der Waals surface area contributed by atoms with Gasteiger partial charge in [0.05, 0.1) is 0 Å². The van der Waals surface area contributed by atoms with Crippen LogP contribution in [0.3, 0.4) is 0 Å². The lowest BCUT2D eigenvalue weighted by atomic mass is 10.00. The Balaban J connectivity index is 2.43. The third-order valence-corrected chi connectivity index (χ3v) is 5.28. The molecule has 2 atom stereocenters. The van der Waals surface area contributed by atoms with Crippen molar-refractivity contribution in [2.45, 2.75) is 65.6 Å². The fourth-order valence-corrected chi connectivity index (χ4v) is 3.65. The van der Waals surface area contributed by atoms with Gasteiger partial charge < -0.3 is 20.3 Å². The van der Waals surface area contributed by atoms with Crippen LogP contribution in [0.1, 0.15) is 63.8 Å². The highest BCUT2D eigenvalue weighted by Crippen LogP contribution is 2.26. The zero-order chi connectivity index (χ0) is 26.2. The van der Waals surface area contributed by atoms with Crippen molar-refractivity contribution in [3.8, 4) is 0 Å². The topological polar surface area (TPSA) is 87.7 Å². The number of nitrogens with zero attached hydrogens (tertiary/aromatic N) is 1. The van der Waals surface area contributed by atoms with E-state index in [1.165, 1.54) is 4.90 Å². The Hall–Kier alpha value is -3.61. The van der Waals surface area contributed by atoms with E-state index in [9.17, 15) is 14.4 Å². The van der Waals surface area contributed by atoms with Crippen molar-refractivity contribution in [2.75, 3.05) is 11.9 Å². The quantitative estimate of drug-likeness (QED) is 0.499. The van der Waals surface area contributed by atoms with Gasteiger partial charge in [0.2, 0.25) is 5.91 Å². The molecule has 0 spiro atoms. The molecule has 0 saturated heterocycles. The number of aryl methyl sites for hydroxylation is 1. The molecular weight excluding hydrogens is 442 g/mol. The molecule has 0 aromatic heterocycles. The van der Waals surface area contributed by atoms with Crippen LogP contribution in [0.4, 0.5) is 10.5 Å². The lowest BCUT2D eigenvalue weighted by Crippen LogP contribution is -2.51. The van der Waals surface area contributed by atoms with Crippen molar-refractivity contribution in [2.24, 2.45) is 0 Å². The van der Waals surface area contributed by atoms with Gasteiger partial charge in [-0.25, -0.2) is 4.79 Å². The van der Waals surface area contributed by atoms with Crippen molar-refractivity contribution in [1.82, 2.24) is 10.2 Å². The number of benzene rings is 2. The van der Waals surface area contributed by atoms with Crippen LogP contribution in [0.15, 0.2) is 55.1 Å². The highest BCUT2D eigenvalue weighted by Gasteiger charge is 2.34. The third kappa shape index (κ3) is 7.98. The van der Waals surface area contributed by atoms with Crippen LogP contribution in [-0.4, -0.2) is 41.0 Å². The maximum Gasteiger partial charge on any atom is 0.408 e. The van der Waals surface area contributed by atoms with Gasteiger partial charge in [-0.05, 0) is 69.9 Å². The number of anilines is 1. The summed E-state index contributed by atoms with van der Waals surface area (Å²) in [5.74, 6) is -0.724. The molecule has 3 amide bonds. The number of carbonyl (C=O) groups is 3. The second-order valence-electron chi connectivity index (χ2n) is 9.48. The molecule has 0 aliphatic rings. The Kier molecular flexibility index (Phi) is 9.63. The van der Waals surface area contributed by atoms with Crippen LogP contribution >= 0.6 is 0 Å². The summed E-state index contributed by atoms with van der Waals surface area (Å²) in [5.41, 5.74) is 2.37. The summed E-state index contributed by atoms with van der Waals surface area (Å²) in [4.78, 5) is 41.1. The Morgan fingerprint density at radius 2 is 1.80 bits per heavy atom. The van der Waals surface area contributed by atoms with E-state index in [0.29, 0.717) is 24.2 Å². The number of rotatable bonds is 9. The molecule has 0 heterocycles. The number of amides is 3. The van der Waals surface area contributed by atoms with Gasteiger partial charge in [0.15, 0.2) is 0 Å². The Labute approximate surface area is 208 Å². The molecule has 7 heteroatoms. The normalized spacial score (nSPS) is 12.7. The van der Waals surface area contributed by atoms with Crippen LogP contribution in [0, 0.1) is 6.92 Å². The van der Waals surface area contributed by atoms with E-state index < -0.39 is 23.8 Å². The predicted octanol–water partition coefficient (Wildman–Crippen LogP) is 5.47. The van der Waals surface area contributed by atoms with E-state index >= 15 is 0 Å². The molecule has 0 radical (unpaired) electrons. The van der Waals surface area contributed by atoms with Crippen molar-refractivity contribution in [3.63, 3.8) is 0 Å². The highest BCUT2D eigenvalue weighted by atomic mass is 16.6. The standard InChI is InChI=1S/C28H37N3O4/c1-8-17-31(26(33)20(4)29-27(34)35-28(5,6)7)24(22-15-12-14-21(9-2)18-22)25(32)30-23-16-11-10-13-19(23)3/h9-16,18,20,24H,2,8,17H2,1,3-7H3,(H,29,34)(H,30,32). The molecule has 2 aromatic rings. The smallest absolute Gasteiger partial charge is 0.408 e. The van der Waals surface area contributed by atoms with E-state index in [-0.39, 0.29) is 11.8 Å². The van der Waals surface area contributed by atoms with Crippen LogP contribution in [-0.2, 0) is 14.3 Å². The molecular formula is C28H37N3O4. The molecule has 7 nitrogen and oxygen atoms in total. The molecule has 0 aliphatic carbocycles. The van der Waals surface area contributed by atoms with Crippen LogP contribution in [0.25, 0.3) is 6.08 Å². The van der Waals surface area contributed by atoms with Gasteiger partial charge in [-0.1, -0.05) is 56.0 Å². The van der Waals surface area contributed by atoms with Gasteiger partial charge >= 0.3 is 6.09 Å². The first-order chi connectivity index (χ1) is 16.5. The average molecular weight is 480 g/mol. The lowest BCUT2D eigenvalue weighted by molar-refractivity contribution is -0.140. The number of hydrogen-bond acceptors (Lipinski definition) is 4. The summed E-state index contributed by atoms with van der Waals surface area (Å²) in [6.45, 7) is 14.8. The van der Waals surface area contributed by atoms with Gasteiger partial charge in [-0.2, -0.15) is 0 Å². The second kappa shape index (κ2) is 12.2. The highest BCUT2D eigenvalue weighted by molar-refractivity contribution is 5.99. The summed E-state index contributed by atoms with van der Waals surface area (Å²) in [5, 5.41) is 5.58. The van der Waals surface area contributed by atoms with E-state index in [1.54, 1.807) is 33.8 Å². The fraction of sp³-hybridized carbons (Fsp3) is 0.393. The summed E-state index contributed by atoms with van der Waals surface area (Å²) >= 11 is 0. The fourth-order valence-electron chi connectivity index (χ4n) is 3.65. The predicted molar refractivity (Wildman–Crippen MR) is 140 cm³/mol. The first-order valence-corrected chi connectivity index (χ1v) is 11.9. The van der Waals surface area contributed by atoms with Crippen molar-refractivity contribution >= 4 is 29.7 Å². The lowest BCUT2D eigenvalue weighted by Gasteiger charge is -2.33. The first-order valence-electron chi connectivity index (χ1n) is 11.9. The monoisotopic (exact) mass is 479 g/mol. The van der Waals surface area contributed by atoms with Crippen molar-refractivity contribution in [1.29, 1.82) is 0 Å². The molecule has 2 aromatic carbocycles. The number of hydrogen-bond donors (Lipinski definition) is 2. The van der Waals surface area contributed by atoms with Gasteiger partial charge in [-0.3, -0.25) is 9.59 Å². The number of para-hydroxylation sites is 1. The Morgan fingerprint density at radius 3 is 2.40 bits per heavy atom.